The Labute approximate surface area is 139 Å². The van der Waals surface area contributed by atoms with Crippen LogP contribution in [0.15, 0.2) is 42.5 Å². The number of rotatable bonds is 4. The van der Waals surface area contributed by atoms with Crippen molar-refractivity contribution in [2.45, 2.75) is 32.9 Å². The maximum absolute atomic E-state index is 11.2. The molecule has 0 unspecified atom stereocenters. The number of hydrogen-bond donors (Lipinski definition) is 1. The third-order valence-corrected chi connectivity index (χ3v) is 4.78. The van der Waals surface area contributed by atoms with Crippen LogP contribution in [0, 0.1) is 5.92 Å². The second kappa shape index (κ2) is 8.27. The van der Waals surface area contributed by atoms with E-state index >= 15 is 0 Å². The Morgan fingerprint density at radius 2 is 1.83 bits per heavy atom. The number of allylic oxidation sites excluding steroid dienone is 1. The monoisotopic (exact) mass is 316 g/mol. The summed E-state index contributed by atoms with van der Waals surface area (Å²) >= 11 is 0. The molecule has 0 spiro atoms. The van der Waals surface area contributed by atoms with Crippen molar-refractivity contribution in [1.82, 2.24) is 9.80 Å². The van der Waals surface area contributed by atoms with Gasteiger partial charge in [-0.15, -0.1) is 0 Å². The summed E-state index contributed by atoms with van der Waals surface area (Å²) in [5.41, 5.74) is 1.36. The van der Waals surface area contributed by atoms with Crippen LogP contribution < -0.4 is 0 Å². The minimum atomic E-state index is -0.655. The molecule has 1 aliphatic heterocycles. The molecular weight excluding hydrogens is 288 g/mol. The van der Waals surface area contributed by atoms with Gasteiger partial charge in [-0.05, 0) is 18.4 Å². The molecule has 4 heteroatoms. The number of carboxylic acid groups (broad SMARTS) is 1. The van der Waals surface area contributed by atoms with E-state index in [-0.39, 0.29) is 13.3 Å². The van der Waals surface area contributed by atoms with Gasteiger partial charge in [0, 0.05) is 38.8 Å². The summed E-state index contributed by atoms with van der Waals surface area (Å²) < 4.78 is 0. The average molecular weight is 316 g/mol. The maximum atomic E-state index is 11.2. The predicted molar refractivity (Wildman–Crippen MR) is 93.3 cm³/mol. The Morgan fingerprint density at radius 1 is 1.13 bits per heavy atom. The quantitative estimate of drug-likeness (QED) is 0.868. The van der Waals surface area contributed by atoms with Gasteiger partial charge in [-0.25, -0.2) is 0 Å². The molecule has 1 fully saturated rings. The van der Waals surface area contributed by atoms with Crippen molar-refractivity contribution in [3.05, 3.63) is 48.0 Å². The van der Waals surface area contributed by atoms with E-state index in [0.717, 1.165) is 39.1 Å². The van der Waals surface area contributed by atoms with Crippen LogP contribution in [0.3, 0.4) is 0 Å². The van der Waals surface area contributed by atoms with Gasteiger partial charge in [0.05, 0.1) is 5.92 Å². The number of carboxylic acids is 1. The molecule has 1 aromatic carbocycles. The molecule has 1 heterocycles. The standard InChI is InChI=1S/C18H24N2O2.CH4/c21-18(22)16-7-4-8-17(13-16)20-11-9-19(10-12-20)14-15-5-2-1-3-6-15;/h1-6,8,16-17H,7,9-14H2,(H,21,22);1H4/t16-,17-;/m0./s1. The van der Waals surface area contributed by atoms with Gasteiger partial charge in [0.25, 0.3) is 0 Å². The Kier molecular flexibility index (Phi) is 6.37. The lowest BCUT2D eigenvalue weighted by Crippen LogP contribution is -2.50. The Balaban J connectivity index is 0.00000192. The lowest BCUT2D eigenvalue weighted by atomic mass is 9.90. The molecular formula is C19H28N2O2. The molecule has 3 rings (SSSR count). The zero-order valence-electron chi connectivity index (χ0n) is 12.9. The van der Waals surface area contributed by atoms with Crippen molar-refractivity contribution in [3.63, 3.8) is 0 Å². The summed E-state index contributed by atoms with van der Waals surface area (Å²) in [6, 6.07) is 10.9. The van der Waals surface area contributed by atoms with E-state index in [4.69, 9.17) is 0 Å². The van der Waals surface area contributed by atoms with Gasteiger partial charge in [-0.1, -0.05) is 49.9 Å². The smallest absolute Gasteiger partial charge is 0.306 e. The van der Waals surface area contributed by atoms with Crippen molar-refractivity contribution < 1.29 is 9.90 Å². The van der Waals surface area contributed by atoms with E-state index in [1.165, 1.54) is 5.56 Å². The molecule has 0 bridgehead atoms. The van der Waals surface area contributed by atoms with Gasteiger partial charge in [-0.3, -0.25) is 14.6 Å². The van der Waals surface area contributed by atoms with Gasteiger partial charge in [0.15, 0.2) is 0 Å². The predicted octanol–water partition coefficient (Wildman–Crippen LogP) is 2.86. The first kappa shape index (κ1) is 17.7. The third-order valence-electron chi connectivity index (χ3n) is 4.78. The molecule has 23 heavy (non-hydrogen) atoms. The Hall–Kier alpha value is -1.65. The fourth-order valence-corrected chi connectivity index (χ4v) is 3.43. The van der Waals surface area contributed by atoms with Gasteiger partial charge < -0.3 is 5.11 Å². The molecule has 1 N–H and O–H groups in total. The lowest BCUT2D eigenvalue weighted by molar-refractivity contribution is -0.142. The van der Waals surface area contributed by atoms with Crippen LogP contribution in [0.25, 0.3) is 0 Å². The minimum Gasteiger partial charge on any atom is -0.481 e. The third kappa shape index (κ3) is 4.66. The van der Waals surface area contributed by atoms with Crippen LogP contribution in [0.5, 0.6) is 0 Å². The highest BCUT2D eigenvalue weighted by atomic mass is 16.4. The first-order chi connectivity index (χ1) is 10.7. The molecule has 2 aliphatic rings. The molecule has 126 valence electrons. The largest absolute Gasteiger partial charge is 0.481 e. The molecule has 0 amide bonds. The van der Waals surface area contributed by atoms with Crippen molar-refractivity contribution in [1.29, 1.82) is 0 Å². The minimum absolute atomic E-state index is 0. The van der Waals surface area contributed by atoms with E-state index in [1.54, 1.807) is 0 Å². The summed E-state index contributed by atoms with van der Waals surface area (Å²) in [6.45, 7) is 5.16. The van der Waals surface area contributed by atoms with Crippen LogP contribution in [0.1, 0.15) is 25.8 Å². The maximum Gasteiger partial charge on any atom is 0.306 e. The van der Waals surface area contributed by atoms with Crippen LogP contribution in [-0.2, 0) is 11.3 Å². The first-order valence-electron chi connectivity index (χ1n) is 8.12. The van der Waals surface area contributed by atoms with Crippen LogP contribution >= 0.6 is 0 Å². The summed E-state index contributed by atoms with van der Waals surface area (Å²) in [7, 11) is 0. The molecule has 0 aromatic heterocycles. The Morgan fingerprint density at radius 3 is 2.48 bits per heavy atom. The number of aliphatic carboxylic acids is 1. The summed E-state index contributed by atoms with van der Waals surface area (Å²) in [4.78, 5) is 16.1. The number of nitrogens with zero attached hydrogens (tertiary/aromatic N) is 2. The van der Waals surface area contributed by atoms with Gasteiger partial charge in [0.2, 0.25) is 0 Å². The zero-order valence-corrected chi connectivity index (χ0v) is 12.9. The first-order valence-corrected chi connectivity index (χ1v) is 8.12. The highest BCUT2D eigenvalue weighted by Crippen LogP contribution is 2.24. The number of carbonyl (C=O) groups is 1. The van der Waals surface area contributed by atoms with E-state index in [1.807, 2.05) is 6.08 Å². The molecule has 2 atom stereocenters. The fraction of sp³-hybridized carbons (Fsp3) is 0.526. The molecule has 4 nitrogen and oxygen atoms in total. The van der Waals surface area contributed by atoms with Crippen molar-refractivity contribution in [2.24, 2.45) is 5.92 Å². The molecule has 1 saturated heterocycles. The van der Waals surface area contributed by atoms with Gasteiger partial charge in [-0.2, -0.15) is 0 Å². The SMILES string of the molecule is C.O=C(O)[C@H]1CC=C[C@H](N2CCN(Cc3ccccc3)CC2)C1. The number of benzene rings is 1. The summed E-state index contributed by atoms with van der Waals surface area (Å²) in [5.74, 6) is -0.866. The van der Waals surface area contributed by atoms with E-state index < -0.39 is 5.97 Å². The number of hydrogen-bond acceptors (Lipinski definition) is 3. The fourth-order valence-electron chi connectivity index (χ4n) is 3.43. The molecule has 0 saturated carbocycles. The molecule has 0 radical (unpaired) electrons. The Bertz CT molecular complexity index is 521. The van der Waals surface area contributed by atoms with E-state index in [0.29, 0.717) is 12.5 Å². The normalized spacial score (nSPS) is 25.7. The van der Waals surface area contributed by atoms with Crippen LogP contribution in [-0.4, -0.2) is 53.1 Å². The molecule has 1 aliphatic carbocycles. The van der Waals surface area contributed by atoms with Crippen molar-refractivity contribution >= 4 is 5.97 Å². The van der Waals surface area contributed by atoms with Crippen molar-refractivity contribution in [2.75, 3.05) is 26.2 Å². The highest BCUT2D eigenvalue weighted by molar-refractivity contribution is 5.70. The van der Waals surface area contributed by atoms with Crippen LogP contribution in [0.2, 0.25) is 0 Å². The lowest BCUT2D eigenvalue weighted by Gasteiger charge is -2.40. The summed E-state index contributed by atoms with van der Waals surface area (Å²) in [5, 5.41) is 9.20. The second-order valence-electron chi connectivity index (χ2n) is 6.30. The summed E-state index contributed by atoms with van der Waals surface area (Å²) in [6.07, 6.45) is 5.68. The molecule has 1 aromatic rings. The zero-order chi connectivity index (χ0) is 15.4. The van der Waals surface area contributed by atoms with Crippen LogP contribution in [0.4, 0.5) is 0 Å². The van der Waals surface area contributed by atoms with Gasteiger partial charge >= 0.3 is 5.97 Å². The topological polar surface area (TPSA) is 43.8 Å². The van der Waals surface area contributed by atoms with E-state index in [9.17, 15) is 9.90 Å². The van der Waals surface area contributed by atoms with E-state index in [2.05, 4.69) is 46.2 Å². The second-order valence-corrected chi connectivity index (χ2v) is 6.30. The number of piperazine rings is 1. The van der Waals surface area contributed by atoms with Gasteiger partial charge in [0.1, 0.15) is 0 Å². The average Bonchev–Trinajstić information content (AvgIpc) is 2.56. The van der Waals surface area contributed by atoms with Crippen molar-refractivity contribution in [3.8, 4) is 0 Å². The highest BCUT2D eigenvalue weighted by Gasteiger charge is 2.29.